The molecule has 0 amide bonds. The third-order valence-corrected chi connectivity index (χ3v) is 3.59. The number of rotatable bonds is 2. The highest BCUT2D eigenvalue weighted by Gasteiger charge is 2.21. The van der Waals surface area contributed by atoms with Crippen molar-refractivity contribution < 1.29 is 13.2 Å². The Morgan fingerprint density at radius 2 is 2.05 bits per heavy atom. The van der Waals surface area contributed by atoms with Crippen molar-refractivity contribution in [2.75, 3.05) is 5.73 Å². The molecular formula is C12H7BrF3N5. The van der Waals surface area contributed by atoms with E-state index < -0.39 is 12.2 Å². The number of hydrogen-bond acceptors (Lipinski definition) is 4. The van der Waals surface area contributed by atoms with Crippen LogP contribution in [0.4, 0.5) is 19.1 Å². The van der Waals surface area contributed by atoms with Gasteiger partial charge in [-0.15, -0.1) is 5.10 Å². The number of hydrogen-bond donors (Lipinski definition) is 1. The summed E-state index contributed by atoms with van der Waals surface area (Å²) in [5.41, 5.74) is 5.68. The zero-order chi connectivity index (χ0) is 15.1. The number of pyridine rings is 1. The summed E-state index contributed by atoms with van der Waals surface area (Å²) < 4.78 is 40.9. The molecule has 5 nitrogen and oxygen atoms in total. The van der Waals surface area contributed by atoms with Gasteiger partial charge in [-0.25, -0.2) is 22.7 Å². The van der Waals surface area contributed by atoms with Gasteiger partial charge < -0.3 is 5.73 Å². The van der Waals surface area contributed by atoms with Gasteiger partial charge in [-0.2, -0.15) is 0 Å². The average Bonchev–Trinajstić information content (AvgIpc) is 2.70. The van der Waals surface area contributed by atoms with Crippen LogP contribution in [0, 0.1) is 5.82 Å². The lowest BCUT2D eigenvalue weighted by atomic mass is 10.2. The van der Waals surface area contributed by atoms with E-state index in [1.54, 1.807) is 0 Å². The maximum absolute atomic E-state index is 14.1. The van der Waals surface area contributed by atoms with Crippen LogP contribution in [0.2, 0.25) is 0 Å². The first kappa shape index (κ1) is 13.8. The molecule has 0 saturated heterocycles. The molecule has 3 rings (SSSR count). The second-order valence-electron chi connectivity index (χ2n) is 4.17. The maximum Gasteiger partial charge on any atom is 0.263 e. The molecule has 3 heterocycles. The number of alkyl halides is 2. The summed E-state index contributed by atoms with van der Waals surface area (Å²) in [4.78, 5) is 7.70. The van der Waals surface area contributed by atoms with E-state index in [4.69, 9.17) is 5.73 Å². The molecule has 2 N–H and O–H groups in total. The van der Waals surface area contributed by atoms with Crippen molar-refractivity contribution in [3.63, 3.8) is 0 Å². The van der Waals surface area contributed by atoms with Crippen LogP contribution in [0.5, 0.6) is 0 Å². The second-order valence-corrected chi connectivity index (χ2v) is 4.96. The molecular weight excluding hydrogens is 351 g/mol. The van der Waals surface area contributed by atoms with Gasteiger partial charge in [0.05, 0.1) is 16.4 Å². The fourth-order valence-corrected chi connectivity index (χ4v) is 2.50. The molecule has 0 aliphatic rings. The fraction of sp³-hybridized carbons (Fsp3) is 0.0833. The summed E-state index contributed by atoms with van der Waals surface area (Å²) in [5.74, 6) is -0.689. The summed E-state index contributed by atoms with van der Waals surface area (Å²) in [6.07, 6.45) is -0.213. The lowest BCUT2D eigenvalue weighted by Crippen LogP contribution is -2.02. The van der Waals surface area contributed by atoms with Crippen molar-refractivity contribution >= 4 is 27.4 Å². The van der Waals surface area contributed by atoms with Crippen molar-refractivity contribution in [1.82, 2.24) is 19.6 Å². The van der Waals surface area contributed by atoms with Crippen molar-refractivity contribution in [2.24, 2.45) is 0 Å². The van der Waals surface area contributed by atoms with Gasteiger partial charge in [-0.1, -0.05) is 0 Å². The molecule has 0 aromatic carbocycles. The minimum Gasteiger partial charge on any atom is -0.367 e. The molecule has 0 spiro atoms. The van der Waals surface area contributed by atoms with E-state index in [0.717, 1.165) is 0 Å². The quantitative estimate of drug-likeness (QED) is 0.764. The molecule has 0 atom stereocenters. The number of anilines is 1. The lowest BCUT2D eigenvalue weighted by Gasteiger charge is -2.05. The topological polar surface area (TPSA) is 69.1 Å². The van der Waals surface area contributed by atoms with Gasteiger partial charge in [0.1, 0.15) is 11.2 Å². The van der Waals surface area contributed by atoms with Gasteiger partial charge in [-0.05, 0) is 28.1 Å². The molecule has 21 heavy (non-hydrogen) atoms. The van der Waals surface area contributed by atoms with E-state index in [1.807, 2.05) is 0 Å². The number of halogens is 4. The number of nitrogens with zero attached hydrogens (tertiary/aromatic N) is 4. The molecule has 3 aromatic heterocycles. The molecule has 0 radical (unpaired) electrons. The predicted octanol–water partition coefficient (Wildman–Crippen LogP) is 3.21. The monoisotopic (exact) mass is 357 g/mol. The Morgan fingerprint density at radius 3 is 2.76 bits per heavy atom. The Morgan fingerprint density at radius 1 is 1.29 bits per heavy atom. The van der Waals surface area contributed by atoms with Gasteiger partial charge in [-0.3, -0.25) is 4.98 Å². The zero-order valence-electron chi connectivity index (χ0n) is 10.3. The molecule has 0 saturated carbocycles. The highest BCUT2D eigenvalue weighted by Crippen LogP contribution is 2.34. The molecule has 9 heteroatoms. The third kappa shape index (κ3) is 2.23. The summed E-state index contributed by atoms with van der Waals surface area (Å²) >= 11 is 3.08. The minimum absolute atomic E-state index is 0.0568. The van der Waals surface area contributed by atoms with Crippen LogP contribution in [0.25, 0.3) is 16.9 Å². The Kier molecular flexibility index (Phi) is 3.28. The third-order valence-electron chi connectivity index (χ3n) is 2.87. The largest absolute Gasteiger partial charge is 0.367 e. The number of fused-ring (bicyclic) bond motifs is 1. The van der Waals surface area contributed by atoms with Crippen LogP contribution in [-0.2, 0) is 0 Å². The SMILES string of the molecule is Nc1ncc2c(F)c(Br)c(-c3cc(C(F)F)ccn3)n2n1. The van der Waals surface area contributed by atoms with E-state index in [2.05, 4.69) is 31.0 Å². The molecule has 0 aliphatic carbocycles. The van der Waals surface area contributed by atoms with Crippen molar-refractivity contribution in [2.45, 2.75) is 6.43 Å². The second kappa shape index (κ2) is 4.99. The first-order valence-electron chi connectivity index (χ1n) is 5.71. The van der Waals surface area contributed by atoms with Gasteiger partial charge in [0.2, 0.25) is 5.95 Å². The zero-order valence-corrected chi connectivity index (χ0v) is 11.9. The molecule has 3 aromatic rings. The smallest absolute Gasteiger partial charge is 0.263 e. The summed E-state index contributed by atoms with van der Waals surface area (Å²) in [7, 11) is 0. The number of nitrogens with two attached hydrogens (primary N) is 1. The van der Waals surface area contributed by atoms with Gasteiger partial charge >= 0.3 is 0 Å². The van der Waals surface area contributed by atoms with Crippen molar-refractivity contribution in [3.8, 4) is 11.4 Å². The van der Waals surface area contributed by atoms with Crippen LogP contribution in [0.15, 0.2) is 29.0 Å². The van der Waals surface area contributed by atoms with E-state index in [1.165, 1.54) is 29.0 Å². The standard InChI is InChI=1S/C12H7BrF3N5/c13-8-9(14)7-4-19-12(17)20-21(7)10(8)6-3-5(11(15)16)1-2-18-6/h1-4,11H,(H2,17,20). The fourth-order valence-electron chi connectivity index (χ4n) is 1.93. The average molecular weight is 358 g/mol. The first-order chi connectivity index (χ1) is 9.99. The van der Waals surface area contributed by atoms with Gasteiger partial charge in [0, 0.05) is 11.8 Å². The van der Waals surface area contributed by atoms with Crippen molar-refractivity contribution in [3.05, 3.63) is 40.4 Å². The number of nitrogen functional groups attached to an aromatic ring is 1. The summed E-state index contributed by atoms with van der Waals surface area (Å²) in [6.45, 7) is 0. The molecule has 0 fully saturated rings. The maximum atomic E-state index is 14.1. The van der Waals surface area contributed by atoms with E-state index in [9.17, 15) is 13.2 Å². The van der Waals surface area contributed by atoms with Crippen LogP contribution < -0.4 is 5.73 Å². The summed E-state index contributed by atoms with van der Waals surface area (Å²) in [6, 6.07) is 2.37. The van der Waals surface area contributed by atoms with Gasteiger partial charge in [0.15, 0.2) is 5.82 Å². The highest BCUT2D eigenvalue weighted by atomic mass is 79.9. The molecule has 0 unspecified atom stereocenters. The lowest BCUT2D eigenvalue weighted by molar-refractivity contribution is 0.151. The van der Waals surface area contributed by atoms with Crippen LogP contribution >= 0.6 is 15.9 Å². The van der Waals surface area contributed by atoms with Crippen LogP contribution in [0.1, 0.15) is 12.0 Å². The van der Waals surface area contributed by atoms with Crippen LogP contribution in [0.3, 0.4) is 0 Å². The number of aromatic nitrogens is 4. The van der Waals surface area contributed by atoms with E-state index in [-0.39, 0.29) is 32.9 Å². The molecule has 0 aliphatic heterocycles. The van der Waals surface area contributed by atoms with E-state index >= 15 is 0 Å². The Balaban J connectivity index is 2.32. The minimum atomic E-state index is -2.65. The molecule has 108 valence electrons. The first-order valence-corrected chi connectivity index (χ1v) is 6.51. The van der Waals surface area contributed by atoms with E-state index in [0.29, 0.717) is 0 Å². The molecule has 0 bridgehead atoms. The predicted molar refractivity (Wildman–Crippen MR) is 73.2 cm³/mol. The van der Waals surface area contributed by atoms with Crippen LogP contribution in [-0.4, -0.2) is 19.6 Å². The van der Waals surface area contributed by atoms with Crippen molar-refractivity contribution in [1.29, 1.82) is 0 Å². The Hall–Kier alpha value is -2.16. The Bertz CT molecular complexity index is 833. The summed E-state index contributed by atoms with van der Waals surface area (Å²) in [5, 5.41) is 3.89. The highest BCUT2D eigenvalue weighted by molar-refractivity contribution is 9.10. The normalized spacial score (nSPS) is 11.5. The Labute approximate surface area is 124 Å². The van der Waals surface area contributed by atoms with Gasteiger partial charge in [0.25, 0.3) is 6.43 Å².